The van der Waals surface area contributed by atoms with Crippen LogP contribution in [0.15, 0.2) is 6.07 Å². The topological polar surface area (TPSA) is 41.1 Å². The average molecular weight is 222 g/mol. The lowest BCUT2D eigenvalue weighted by Gasteiger charge is -2.19. The molecule has 0 aliphatic heterocycles. The summed E-state index contributed by atoms with van der Waals surface area (Å²) in [5.41, 5.74) is 2.10. The van der Waals surface area contributed by atoms with Gasteiger partial charge in [-0.2, -0.15) is 0 Å². The smallest absolute Gasteiger partial charge is 0.225 e. The molecule has 0 saturated heterocycles. The van der Waals surface area contributed by atoms with Crippen LogP contribution in [-0.2, 0) is 6.54 Å². The van der Waals surface area contributed by atoms with E-state index in [1.54, 1.807) is 0 Å². The van der Waals surface area contributed by atoms with E-state index < -0.39 is 0 Å². The van der Waals surface area contributed by atoms with Gasteiger partial charge in [0.15, 0.2) is 0 Å². The third-order valence-corrected chi connectivity index (χ3v) is 2.50. The summed E-state index contributed by atoms with van der Waals surface area (Å²) in [6.07, 6.45) is 0. The fraction of sp³-hybridized carbons (Fsp3) is 0.667. The summed E-state index contributed by atoms with van der Waals surface area (Å²) < 4.78 is 0. The second-order valence-electron chi connectivity index (χ2n) is 3.75. The summed E-state index contributed by atoms with van der Waals surface area (Å²) in [4.78, 5) is 11.2. The first kappa shape index (κ1) is 12.9. The molecular formula is C12H22N4. The number of anilines is 1. The third kappa shape index (κ3) is 3.45. The van der Waals surface area contributed by atoms with Crippen molar-refractivity contribution >= 4 is 5.95 Å². The summed E-state index contributed by atoms with van der Waals surface area (Å²) in [6.45, 7) is 12.0. The van der Waals surface area contributed by atoms with Crippen LogP contribution in [0.3, 0.4) is 0 Å². The fourth-order valence-electron chi connectivity index (χ4n) is 1.61. The number of aromatic nitrogens is 2. The van der Waals surface area contributed by atoms with Gasteiger partial charge in [-0.3, -0.25) is 0 Å². The zero-order valence-electron chi connectivity index (χ0n) is 10.7. The number of hydrogen-bond donors (Lipinski definition) is 1. The van der Waals surface area contributed by atoms with Crippen molar-refractivity contribution in [2.75, 3.05) is 24.5 Å². The van der Waals surface area contributed by atoms with Crippen LogP contribution in [-0.4, -0.2) is 29.6 Å². The number of nitrogens with zero attached hydrogens (tertiary/aromatic N) is 3. The van der Waals surface area contributed by atoms with Crippen LogP contribution >= 0.6 is 0 Å². The van der Waals surface area contributed by atoms with Gasteiger partial charge in [0.05, 0.1) is 5.69 Å². The van der Waals surface area contributed by atoms with Crippen LogP contribution in [0.25, 0.3) is 0 Å². The largest absolute Gasteiger partial charge is 0.341 e. The molecule has 0 spiro atoms. The zero-order valence-corrected chi connectivity index (χ0v) is 10.7. The monoisotopic (exact) mass is 222 g/mol. The van der Waals surface area contributed by atoms with Gasteiger partial charge in [-0.25, -0.2) is 9.97 Å². The van der Waals surface area contributed by atoms with Crippen molar-refractivity contribution in [2.45, 2.75) is 34.2 Å². The Morgan fingerprint density at radius 1 is 1.19 bits per heavy atom. The molecule has 0 aliphatic carbocycles. The van der Waals surface area contributed by atoms with Gasteiger partial charge < -0.3 is 10.2 Å². The summed E-state index contributed by atoms with van der Waals surface area (Å²) in [6, 6.07) is 2.04. The van der Waals surface area contributed by atoms with Gasteiger partial charge in [-0.1, -0.05) is 6.92 Å². The van der Waals surface area contributed by atoms with Crippen LogP contribution in [0.2, 0.25) is 0 Å². The van der Waals surface area contributed by atoms with E-state index in [1.165, 1.54) is 0 Å². The van der Waals surface area contributed by atoms with Crippen LogP contribution in [0.1, 0.15) is 32.2 Å². The summed E-state index contributed by atoms with van der Waals surface area (Å²) in [5.74, 6) is 0.845. The van der Waals surface area contributed by atoms with E-state index in [0.29, 0.717) is 0 Å². The van der Waals surface area contributed by atoms with E-state index in [0.717, 1.165) is 43.5 Å². The van der Waals surface area contributed by atoms with Crippen LogP contribution in [0.5, 0.6) is 0 Å². The van der Waals surface area contributed by atoms with Crippen molar-refractivity contribution in [3.63, 3.8) is 0 Å². The molecule has 90 valence electrons. The molecule has 0 saturated carbocycles. The lowest BCUT2D eigenvalue weighted by atomic mass is 10.3. The number of aryl methyl sites for hydroxylation is 1. The van der Waals surface area contributed by atoms with Crippen molar-refractivity contribution in [1.82, 2.24) is 15.3 Å². The van der Waals surface area contributed by atoms with E-state index in [-0.39, 0.29) is 0 Å². The number of nitrogens with one attached hydrogen (secondary N) is 1. The highest BCUT2D eigenvalue weighted by atomic mass is 15.2. The lowest BCUT2D eigenvalue weighted by molar-refractivity contribution is 0.701. The molecular weight excluding hydrogens is 200 g/mol. The first-order chi connectivity index (χ1) is 7.71. The molecule has 0 aromatic carbocycles. The first-order valence-electron chi connectivity index (χ1n) is 6.01. The highest BCUT2D eigenvalue weighted by Crippen LogP contribution is 2.09. The van der Waals surface area contributed by atoms with E-state index in [4.69, 9.17) is 0 Å². The minimum absolute atomic E-state index is 0.814. The predicted octanol–water partition coefficient (Wildman–Crippen LogP) is 1.74. The Bertz CT molecular complexity index is 321. The predicted molar refractivity (Wildman–Crippen MR) is 67.7 cm³/mol. The first-order valence-corrected chi connectivity index (χ1v) is 6.01. The Morgan fingerprint density at radius 2 is 1.88 bits per heavy atom. The van der Waals surface area contributed by atoms with Gasteiger partial charge in [0, 0.05) is 25.3 Å². The third-order valence-electron chi connectivity index (χ3n) is 2.50. The lowest BCUT2D eigenvalue weighted by Crippen LogP contribution is -2.25. The Balaban J connectivity index is 2.88. The molecule has 0 atom stereocenters. The van der Waals surface area contributed by atoms with Crippen LogP contribution in [0, 0.1) is 6.92 Å². The molecule has 4 heteroatoms. The van der Waals surface area contributed by atoms with Gasteiger partial charge in [0.25, 0.3) is 0 Å². The maximum Gasteiger partial charge on any atom is 0.225 e. The van der Waals surface area contributed by atoms with Crippen molar-refractivity contribution in [2.24, 2.45) is 0 Å². The van der Waals surface area contributed by atoms with Crippen molar-refractivity contribution in [3.05, 3.63) is 17.5 Å². The Morgan fingerprint density at radius 3 is 2.44 bits per heavy atom. The SMILES string of the molecule is CCNCc1cc(C)nc(N(CC)CC)n1. The minimum atomic E-state index is 0.814. The zero-order chi connectivity index (χ0) is 12.0. The maximum atomic E-state index is 4.57. The van der Waals surface area contributed by atoms with Crippen molar-refractivity contribution in [1.29, 1.82) is 0 Å². The van der Waals surface area contributed by atoms with Crippen molar-refractivity contribution < 1.29 is 0 Å². The van der Waals surface area contributed by atoms with E-state index >= 15 is 0 Å². The van der Waals surface area contributed by atoms with Gasteiger partial charge in [-0.05, 0) is 33.4 Å². The van der Waals surface area contributed by atoms with Crippen LogP contribution in [0.4, 0.5) is 5.95 Å². The summed E-state index contributed by atoms with van der Waals surface area (Å²) in [7, 11) is 0. The molecule has 1 rings (SSSR count). The highest BCUT2D eigenvalue weighted by molar-refractivity contribution is 5.31. The number of hydrogen-bond acceptors (Lipinski definition) is 4. The molecule has 1 N–H and O–H groups in total. The molecule has 1 heterocycles. The molecule has 0 amide bonds. The van der Waals surface area contributed by atoms with Gasteiger partial charge in [-0.15, -0.1) is 0 Å². The van der Waals surface area contributed by atoms with Crippen molar-refractivity contribution in [3.8, 4) is 0 Å². The molecule has 1 aromatic rings. The molecule has 0 bridgehead atoms. The average Bonchev–Trinajstić information content (AvgIpc) is 2.27. The van der Waals surface area contributed by atoms with E-state index in [9.17, 15) is 0 Å². The molecule has 0 unspecified atom stereocenters. The quantitative estimate of drug-likeness (QED) is 0.796. The summed E-state index contributed by atoms with van der Waals surface area (Å²) in [5, 5.41) is 3.29. The second kappa shape index (κ2) is 6.43. The van der Waals surface area contributed by atoms with Crippen LogP contribution < -0.4 is 10.2 Å². The Hall–Kier alpha value is -1.16. The van der Waals surface area contributed by atoms with Gasteiger partial charge in [0.1, 0.15) is 0 Å². The standard InChI is InChI=1S/C12H22N4/c1-5-13-9-11-8-10(4)14-12(15-11)16(6-2)7-3/h8,13H,5-7,9H2,1-4H3. The minimum Gasteiger partial charge on any atom is -0.341 e. The second-order valence-corrected chi connectivity index (χ2v) is 3.75. The molecule has 0 radical (unpaired) electrons. The molecule has 0 aliphatic rings. The summed E-state index contributed by atoms with van der Waals surface area (Å²) >= 11 is 0. The normalized spacial score (nSPS) is 10.5. The van der Waals surface area contributed by atoms with E-state index in [1.807, 2.05) is 13.0 Å². The highest BCUT2D eigenvalue weighted by Gasteiger charge is 2.07. The molecule has 0 fully saturated rings. The fourth-order valence-corrected chi connectivity index (χ4v) is 1.61. The molecule has 1 aromatic heterocycles. The van der Waals surface area contributed by atoms with E-state index in [2.05, 4.69) is 41.0 Å². The Labute approximate surface area is 98.1 Å². The van der Waals surface area contributed by atoms with Gasteiger partial charge >= 0.3 is 0 Å². The Kier molecular flexibility index (Phi) is 5.19. The number of rotatable bonds is 6. The van der Waals surface area contributed by atoms with Gasteiger partial charge in [0.2, 0.25) is 5.95 Å². The molecule has 4 nitrogen and oxygen atoms in total. The maximum absolute atomic E-state index is 4.57. The molecule has 16 heavy (non-hydrogen) atoms.